The molecule has 24 heavy (non-hydrogen) atoms. The Bertz CT molecular complexity index is 629. The largest absolute Gasteiger partial charge is 0.693 e. The molecule has 2 rings (SSSR count). The van der Waals surface area contributed by atoms with E-state index < -0.39 is 6.18 Å². The summed E-state index contributed by atoms with van der Waals surface area (Å²) in [6.45, 7) is 0. The molecule has 0 atom stereocenters. The molecular formula is C17H15ClF3N2Ni-4. The minimum atomic E-state index is -4.43. The Balaban J connectivity index is 0. The van der Waals surface area contributed by atoms with Gasteiger partial charge >= 0.3 is 30.9 Å². The van der Waals surface area contributed by atoms with Crippen LogP contribution in [0.25, 0.3) is 24.5 Å². The Hall–Kier alpha value is -1.59. The first-order valence-electron chi connectivity index (χ1n) is 6.08. The summed E-state index contributed by atoms with van der Waals surface area (Å²) in [5, 5.41) is 0. The third-order valence-electron chi connectivity index (χ3n) is 2.56. The van der Waals surface area contributed by atoms with E-state index in [1.165, 1.54) is 6.08 Å². The van der Waals surface area contributed by atoms with Crippen LogP contribution in [-0.2, 0) is 14.6 Å². The SMILES string of the molecule is FC(F)(F)[C-]=Cc1ccccc1C=[C-]c1ccccc1.[Cl][Ni].[NH2-].[NH2-]. The molecule has 0 bridgehead atoms. The van der Waals surface area contributed by atoms with Gasteiger partial charge in [-0.25, -0.2) is 11.6 Å². The number of allylic oxidation sites excluding steroid dienone is 1. The zero-order chi connectivity index (χ0) is 16.4. The van der Waals surface area contributed by atoms with Crippen LogP contribution in [0.15, 0.2) is 54.6 Å². The average molecular weight is 398 g/mol. The zero-order valence-electron chi connectivity index (χ0n) is 12.3. The first-order valence-corrected chi connectivity index (χ1v) is 7.44. The van der Waals surface area contributed by atoms with E-state index in [0.29, 0.717) is 11.1 Å². The van der Waals surface area contributed by atoms with Crippen LogP contribution in [0.5, 0.6) is 0 Å². The van der Waals surface area contributed by atoms with E-state index >= 15 is 0 Å². The fraction of sp³-hybridized carbons (Fsp3) is 0.0588. The van der Waals surface area contributed by atoms with Gasteiger partial charge in [0.15, 0.2) is 0 Å². The number of rotatable bonds is 3. The third kappa shape index (κ3) is 9.53. The van der Waals surface area contributed by atoms with Crippen molar-refractivity contribution in [3.63, 3.8) is 0 Å². The van der Waals surface area contributed by atoms with Crippen molar-refractivity contribution in [1.29, 1.82) is 0 Å². The summed E-state index contributed by atoms with van der Waals surface area (Å²) in [5.41, 5.74) is 1.98. The molecule has 0 radical (unpaired) electrons. The predicted octanol–water partition coefficient (Wildman–Crippen LogP) is 7.05. The Morgan fingerprint density at radius 1 is 0.792 bits per heavy atom. The van der Waals surface area contributed by atoms with Crippen molar-refractivity contribution in [3.8, 4) is 0 Å². The number of benzene rings is 2. The molecule has 0 saturated carbocycles. The molecule has 135 valence electrons. The van der Waals surface area contributed by atoms with Crippen molar-refractivity contribution in [2.75, 3.05) is 0 Å². The molecule has 0 unspecified atom stereocenters. The molecule has 0 aliphatic heterocycles. The van der Waals surface area contributed by atoms with E-state index in [4.69, 9.17) is 0 Å². The van der Waals surface area contributed by atoms with E-state index in [2.05, 4.69) is 30.8 Å². The number of halogens is 4. The third-order valence-corrected chi connectivity index (χ3v) is 2.56. The summed E-state index contributed by atoms with van der Waals surface area (Å²) in [4.78, 5) is 0. The van der Waals surface area contributed by atoms with Gasteiger partial charge in [-0.1, -0.05) is 18.2 Å². The first kappa shape index (κ1) is 24.7. The smallest absolute Gasteiger partial charge is 0.693 e. The van der Waals surface area contributed by atoms with Gasteiger partial charge in [-0.3, -0.25) is 0 Å². The Labute approximate surface area is 152 Å². The van der Waals surface area contributed by atoms with Gasteiger partial charge in [-0.05, 0) is 0 Å². The molecule has 0 heterocycles. The molecule has 0 aromatic heterocycles. The molecule has 0 aliphatic rings. The van der Waals surface area contributed by atoms with Gasteiger partial charge in [-0.15, -0.1) is 48.0 Å². The number of hydrogen-bond acceptors (Lipinski definition) is 0. The molecule has 2 aromatic carbocycles. The summed E-state index contributed by atoms with van der Waals surface area (Å²) >= 11 is 3.35. The van der Waals surface area contributed by atoms with Crippen LogP contribution in [0.3, 0.4) is 0 Å². The van der Waals surface area contributed by atoms with Gasteiger partial charge in [-0.2, -0.15) is 30.9 Å². The second-order valence-corrected chi connectivity index (χ2v) is 4.07. The maximum absolute atomic E-state index is 12.2. The van der Waals surface area contributed by atoms with Gasteiger partial charge < -0.3 is 12.3 Å². The predicted molar refractivity (Wildman–Crippen MR) is 89.9 cm³/mol. The summed E-state index contributed by atoms with van der Waals surface area (Å²) in [6.07, 6.45) is 2.63. The van der Waals surface area contributed by atoms with Crippen LogP contribution in [0.1, 0.15) is 16.7 Å². The summed E-state index contributed by atoms with van der Waals surface area (Å²) < 4.78 is 36.5. The summed E-state index contributed by atoms with van der Waals surface area (Å²) in [6, 6.07) is 16.2. The van der Waals surface area contributed by atoms with Crippen LogP contribution in [-0.4, -0.2) is 6.18 Å². The summed E-state index contributed by atoms with van der Waals surface area (Å²) in [5.74, 6) is 0. The molecule has 0 amide bonds. The van der Waals surface area contributed by atoms with Gasteiger partial charge in [0.1, 0.15) is 0 Å². The Morgan fingerprint density at radius 3 is 1.75 bits per heavy atom. The normalized spacial score (nSPS) is 10.6. The standard InChI is InChI=1S/C17H11F3.ClH.2H2N.Ni/c18-17(19,20)13-12-16-9-5-4-8-15(16)11-10-14-6-2-1-3-7-14;;;;/h1-9,11-12H;1H;2*1H2;/q-2;;2*-1;+1/p-1. The van der Waals surface area contributed by atoms with Gasteiger partial charge in [0.25, 0.3) is 0 Å². The molecule has 0 aliphatic carbocycles. The van der Waals surface area contributed by atoms with E-state index in [0.717, 1.165) is 11.6 Å². The maximum atomic E-state index is 12.2. The molecule has 2 nitrogen and oxygen atoms in total. The fourth-order valence-corrected chi connectivity index (χ4v) is 1.63. The topological polar surface area (TPSA) is 67.0 Å². The van der Waals surface area contributed by atoms with Gasteiger partial charge in [0, 0.05) is 0 Å². The van der Waals surface area contributed by atoms with Crippen molar-refractivity contribution in [3.05, 3.63) is 95.7 Å². The van der Waals surface area contributed by atoms with Crippen LogP contribution >= 0.6 is 10.2 Å². The molecule has 4 N–H and O–H groups in total. The van der Waals surface area contributed by atoms with Crippen molar-refractivity contribution in [1.82, 2.24) is 0 Å². The van der Waals surface area contributed by atoms with E-state index in [1.807, 2.05) is 30.3 Å². The minimum Gasteiger partial charge on any atom is -0.693 e. The van der Waals surface area contributed by atoms with Crippen molar-refractivity contribution >= 4 is 22.3 Å². The second kappa shape index (κ2) is 12.8. The first-order chi connectivity index (χ1) is 10.5. The van der Waals surface area contributed by atoms with Gasteiger partial charge in [0.2, 0.25) is 0 Å². The monoisotopic (exact) mass is 397 g/mol. The Morgan fingerprint density at radius 2 is 1.25 bits per heavy atom. The second-order valence-electron chi connectivity index (χ2n) is 4.07. The summed E-state index contributed by atoms with van der Waals surface area (Å²) in [7, 11) is 4.26. The van der Waals surface area contributed by atoms with E-state index in [-0.39, 0.29) is 12.3 Å². The number of hydrogen-bond donors (Lipinski definition) is 0. The quantitative estimate of drug-likeness (QED) is 0.302. The van der Waals surface area contributed by atoms with Crippen LogP contribution in [0.2, 0.25) is 0 Å². The van der Waals surface area contributed by atoms with E-state index in [9.17, 15) is 13.2 Å². The zero-order valence-corrected chi connectivity index (χ0v) is 14.1. The van der Waals surface area contributed by atoms with E-state index in [1.54, 1.807) is 30.3 Å². The number of alkyl halides is 3. The van der Waals surface area contributed by atoms with Crippen LogP contribution in [0, 0.1) is 12.2 Å². The maximum Gasteiger partial charge on any atom is -0.693 e. The molecule has 0 saturated heterocycles. The number of nitrogens with two attached hydrogens (primary N) is 2. The van der Waals surface area contributed by atoms with Crippen molar-refractivity contribution < 1.29 is 27.7 Å². The molecular weight excluding hydrogens is 383 g/mol. The molecule has 7 heteroatoms. The molecule has 2 aromatic rings. The molecule has 0 fully saturated rings. The Kier molecular flexibility index (Phi) is 13.1. The fourth-order valence-electron chi connectivity index (χ4n) is 1.63. The average Bonchev–Trinajstić information content (AvgIpc) is 2.54. The van der Waals surface area contributed by atoms with Crippen LogP contribution in [0.4, 0.5) is 13.2 Å². The molecule has 0 spiro atoms. The van der Waals surface area contributed by atoms with Crippen LogP contribution < -0.4 is 0 Å². The van der Waals surface area contributed by atoms with Crippen molar-refractivity contribution in [2.45, 2.75) is 6.18 Å². The minimum absolute atomic E-state index is 0. The van der Waals surface area contributed by atoms with Crippen molar-refractivity contribution in [2.24, 2.45) is 0 Å². The van der Waals surface area contributed by atoms with Gasteiger partial charge in [0.05, 0.1) is 0 Å².